The molecule has 0 spiro atoms. The number of benzene rings is 4. The number of halogens is 1. The van der Waals surface area contributed by atoms with Crippen LogP contribution in [0.25, 0.3) is 11.1 Å². The number of amides is 3. The summed E-state index contributed by atoms with van der Waals surface area (Å²) in [6.07, 6.45) is -4.66. The minimum absolute atomic E-state index is 0.00475. The first-order chi connectivity index (χ1) is 35.6. The minimum atomic E-state index is -3.57. The third-order valence-corrected chi connectivity index (χ3v) is 13.8. The Morgan fingerprint density at radius 1 is 0.853 bits per heavy atom. The second-order valence-corrected chi connectivity index (χ2v) is 20.9. The van der Waals surface area contributed by atoms with Gasteiger partial charge in [0.25, 0.3) is 0 Å². The van der Waals surface area contributed by atoms with Gasteiger partial charge >= 0.3 is 181 Å². The van der Waals surface area contributed by atoms with Gasteiger partial charge in [0.05, 0.1) is 11.8 Å². The molecule has 75 heavy (non-hydrogen) atoms. The molecule has 0 saturated carbocycles. The first-order valence-electron chi connectivity index (χ1n) is 22.9. The van der Waals surface area contributed by atoms with Crippen LogP contribution < -0.4 is 14.8 Å². The third-order valence-electron chi connectivity index (χ3n) is 11.5. The van der Waals surface area contributed by atoms with Crippen LogP contribution in [0.2, 0.25) is 0 Å². The second-order valence-electron chi connectivity index (χ2n) is 17.1. The number of anilines is 1. The molecule has 4 aromatic carbocycles. The number of fused-ring (bicyclic) bond motifs is 3. The van der Waals surface area contributed by atoms with Gasteiger partial charge in [-0.15, -0.1) is 0 Å². The number of esters is 2. The van der Waals surface area contributed by atoms with Crippen molar-refractivity contribution in [1.82, 2.24) is 9.80 Å². The Labute approximate surface area is 452 Å². The molecule has 5 atom stereocenters. The van der Waals surface area contributed by atoms with Crippen LogP contribution in [0.1, 0.15) is 60.7 Å². The molecule has 2 aliphatic rings. The zero-order valence-corrected chi connectivity index (χ0v) is 45.2. The summed E-state index contributed by atoms with van der Waals surface area (Å²) in [5, 5.41) is 2.74. The Bertz CT molecular complexity index is 2850. The standard InChI is InChI=1S/C48H52B2IN3O16S2.CO2/c1-28-29(2)66-46(44(68-31(4)56)43(28)67-30(3)55)69-41-19-18-32(25-63-48(60)54(20-21-72(6,61)62)27-65-34-13-11-12-33(23-34)45(58)70-50(51)49-71)22-40(41)52-42(57)24-53(5)47(59)64-26-39-37-16-9-7-14-35(37)36-15-8-10-17-38(36)39;2-1-3/h7-19,22-23,28-29,39,43-44,46H,20-21,24-27H2,1-6H3,(H,52,57);/t28-,29-,43+,44-,46+;/m1./s1. The summed E-state index contributed by atoms with van der Waals surface area (Å²) < 4.78 is 69.7. The number of sulfone groups is 1. The van der Waals surface area contributed by atoms with E-state index >= 15 is 0 Å². The molecule has 1 heterocycles. The van der Waals surface area contributed by atoms with Crippen LogP contribution in [0.4, 0.5) is 15.3 Å². The fraction of sp³-hybridized carbons (Fsp3) is 0.367. The number of hydrogen-bond donors (Lipinski definition) is 1. The number of nitrogens with one attached hydrogen (secondary N) is 1. The van der Waals surface area contributed by atoms with Gasteiger partial charge in [0, 0.05) is 39.0 Å². The van der Waals surface area contributed by atoms with Crippen molar-refractivity contribution in [1.29, 1.82) is 0 Å². The molecule has 26 heteroatoms. The SMILES string of the molecule is CC(=O)O[C@H]1[C@H](Oc2ccc(COC(=O)N(CCS(C)(=O)=O)COc3cccc(C(=O)OB(I)B=S)c3)cc2NC(=O)CN(C)C(=O)OCC2c3ccccc3-c3ccccc32)O[C@H](C)[C@@H](C)[C@@H]1OC(C)=O.O=C=O. The molecular formula is C49H52B2IN3O18S2. The number of likely N-dealkylation sites (N-methyl/N-ethyl adjacent to an activating group) is 1. The van der Waals surface area contributed by atoms with Crippen molar-refractivity contribution in [2.45, 2.75) is 64.8 Å². The molecule has 0 radical (unpaired) electrons. The van der Waals surface area contributed by atoms with Crippen LogP contribution in [0.15, 0.2) is 91.0 Å². The van der Waals surface area contributed by atoms with E-state index in [1.54, 1.807) is 13.8 Å². The molecule has 1 N–H and O–H groups in total. The average molecular weight is 1180 g/mol. The normalized spacial score (nSPS) is 17.3. The van der Waals surface area contributed by atoms with E-state index in [0.29, 0.717) is 5.56 Å². The van der Waals surface area contributed by atoms with Crippen LogP contribution >= 0.6 is 34.4 Å². The van der Waals surface area contributed by atoms with Gasteiger partial charge < -0.3 is 33.9 Å². The summed E-state index contributed by atoms with van der Waals surface area (Å²) in [5.41, 5.74) is 4.58. The minimum Gasteiger partial charge on any atom is -0.458 e. The van der Waals surface area contributed by atoms with Crippen molar-refractivity contribution in [2.75, 3.05) is 50.8 Å². The van der Waals surface area contributed by atoms with E-state index in [1.165, 1.54) is 69.4 Å². The molecule has 0 aromatic heterocycles. The van der Waals surface area contributed by atoms with Crippen molar-refractivity contribution in [3.05, 3.63) is 113 Å². The first-order valence-corrected chi connectivity index (χ1v) is 26.7. The number of carbonyl (C=O) groups is 6. The van der Waals surface area contributed by atoms with Crippen molar-refractivity contribution < 1.29 is 84.6 Å². The summed E-state index contributed by atoms with van der Waals surface area (Å²) in [4.78, 5) is 96.3. The molecule has 21 nitrogen and oxygen atoms in total. The number of ether oxygens (including phenoxy) is 7. The molecule has 4 aromatic rings. The number of hydrogen-bond acceptors (Lipinski definition) is 19. The van der Waals surface area contributed by atoms with Crippen LogP contribution in [-0.2, 0) is 68.8 Å². The van der Waals surface area contributed by atoms with E-state index < -0.39 is 107 Å². The Morgan fingerprint density at radius 3 is 2.09 bits per heavy atom. The van der Waals surface area contributed by atoms with Crippen LogP contribution in [0.5, 0.6) is 11.5 Å². The summed E-state index contributed by atoms with van der Waals surface area (Å²) >= 11 is 6.67. The van der Waals surface area contributed by atoms with E-state index in [1.807, 2.05) is 70.9 Å². The van der Waals surface area contributed by atoms with Gasteiger partial charge in [0.15, 0.2) is 0 Å². The van der Waals surface area contributed by atoms with E-state index in [0.717, 1.165) is 38.3 Å². The maximum absolute atomic E-state index is 13.8. The predicted molar refractivity (Wildman–Crippen MR) is 280 cm³/mol. The fourth-order valence-electron chi connectivity index (χ4n) is 7.86. The summed E-state index contributed by atoms with van der Waals surface area (Å²) in [5.74, 6) is -3.66. The van der Waals surface area contributed by atoms with Crippen molar-refractivity contribution in [2.24, 2.45) is 5.92 Å². The van der Waals surface area contributed by atoms with Gasteiger partial charge in [0.1, 0.15) is 25.0 Å². The monoisotopic (exact) mass is 1180 g/mol. The quantitative estimate of drug-likeness (QED) is 0.0352. The van der Waals surface area contributed by atoms with Crippen LogP contribution in [-0.4, -0.2) is 141 Å². The molecule has 3 amide bonds. The third kappa shape index (κ3) is 17.1. The van der Waals surface area contributed by atoms with Crippen molar-refractivity contribution >= 4 is 103 Å². The van der Waals surface area contributed by atoms with Gasteiger partial charge in [-0.3, -0.25) is 14.4 Å². The van der Waals surface area contributed by atoms with Crippen molar-refractivity contribution in [3.63, 3.8) is 0 Å². The smallest absolute Gasteiger partial charge is 0.409 e. The summed E-state index contributed by atoms with van der Waals surface area (Å²) in [6.45, 7) is 4.17. The molecule has 0 unspecified atom stereocenters. The maximum atomic E-state index is 13.8. The van der Waals surface area contributed by atoms with Crippen LogP contribution in [0.3, 0.4) is 0 Å². The van der Waals surface area contributed by atoms with E-state index in [4.69, 9.17) is 59.5 Å². The second kappa shape index (κ2) is 27.7. The number of nitrogens with zero attached hydrogens (tertiary/aromatic N) is 2. The molecule has 6 rings (SSSR count). The van der Waals surface area contributed by atoms with Crippen molar-refractivity contribution in [3.8, 4) is 22.6 Å². The molecule has 1 aliphatic heterocycles. The van der Waals surface area contributed by atoms with Gasteiger partial charge in [0.2, 0.25) is 18.3 Å². The molecule has 396 valence electrons. The van der Waals surface area contributed by atoms with E-state index in [-0.39, 0.29) is 48.0 Å². The zero-order chi connectivity index (χ0) is 55.0. The number of rotatable bonds is 20. The number of carbonyl (C=O) groups excluding carboxylic acids is 8. The Hall–Kier alpha value is -6.73. The summed E-state index contributed by atoms with van der Waals surface area (Å²) in [6, 6.07) is 27.3. The maximum Gasteiger partial charge on any atom is 0.409 e. The largest absolute Gasteiger partial charge is 0.458 e. The van der Waals surface area contributed by atoms with Gasteiger partial charge in [-0.05, 0) is 46.9 Å². The molecule has 1 fully saturated rings. The van der Waals surface area contributed by atoms with Gasteiger partial charge in [-0.25, -0.2) is 13.2 Å². The Kier molecular flexibility index (Phi) is 21.8. The first kappa shape index (κ1) is 59.2. The van der Waals surface area contributed by atoms with Crippen LogP contribution in [0, 0.1) is 5.92 Å². The summed E-state index contributed by atoms with van der Waals surface area (Å²) in [7, 11) is -2.17. The molecule has 0 bridgehead atoms. The molecular weight excluding hydrogens is 1130 g/mol. The fourth-order valence-corrected chi connectivity index (χ4v) is 8.70. The molecule has 1 saturated heterocycles. The van der Waals surface area contributed by atoms with E-state index in [2.05, 4.69) is 5.32 Å². The Balaban J connectivity index is 0.00000338. The Morgan fingerprint density at radius 2 is 1.48 bits per heavy atom. The van der Waals surface area contributed by atoms with E-state index in [9.17, 15) is 37.2 Å². The average Bonchev–Trinajstić information content (AvgIpc) is 3.68. The van der Waals surface area contributed by atoms with Gasteiger partial charge in [-0.1, -0.05) is 61.5 Å². The predicted octanol–water partition coefficient (Wildman–Crippen LogP) is 5.96. The van der Waals surface area contributed by atoms with Gasteiger partial charge in [-0.2, -0.15) is 9.59 Å². The topological polar surface area (TPSA) is 263 Å². The molecule has 1 aliphatic carbocycles. The zero-order valence-electron chi connectivity index (χ0n) is 41.5.